The highest BCUT2D eigenvalue weighted by atomic mass is 16.2. The molecule has 0 aliphatic rings. The standard InChI is InChI=1S/C14H18N4O/c1-10(15)14(19)17-11(2)12-4-6-13(7-5-12)18-9-3-8-16-18/h3-11H,15H2,1-2H3,(H,17,19)/t10-,11?/m1/s1. The summed E-state index contributed by atoms with van der Waals surface area (Å²) in [5.74, 6) is -0.149. The van der Waals surface area contributed by atoms with Crippen molar-refractivity contribution in [1.82, 2.24) is 15.1 Å². The highest BCUT2D eigenvalue weighted by Crippen LogP contribution is 2.15. The second-order valence-electron chi connectivity index (χ2n) is 4.56. The molecule has 5 heteroatoms. The maximum absolute atomic E-state index is 11.5. The molecule has 0 saturated heterocycles. The Morgan fingerprint density at radius 3 is 2.53 bits per heavy atom. The fraction of sp³-hybridized carbons (Fsp3) is 0.286. The summed E-state index contributed by atoms with van der Waals surface area (Å²) >= 11 is 0. The lowest BCUT2D eigenvalue weighted by molar-refractivity contribution is -0.122. The van der Waals surface area contributed by atoms with Crippen LogP contribution in [0.25, 0.3) is 5.69 Å². The molecule has 1 heterocycles. The third kappa shape index (κ3) is 3.20. The SMILES string of the molecule is CC(NC(=O)[C@@H](C)N)c1ccc(-n2cccn2)cc1. The zero-order valence-electron chi connectivity index (χ0n) is 11.1. The minimum absolute atomic E-state index is 0.0647. The first kappa shape index (κ1) is 13.3. The van der Waals surface area contributed by atoms with E-state index in [-0.39, 0.29) is 11.9 Å². The number of hydrogen-bond acceptors (Lipinski definition) is 3. The number of carbonyl (C=O) groups is 1. The molecule has 0 radical (unpaired) electrons. The van der Waals surface area contributed by atoms with Crippen molar-refractivity contribution >= 4 is 5.91 Å². The molecule has 0 fully saturated rings. The molecule has 1 aromatic carbocycles. The number of benzene rings is 1. The number of hydrogen-bond donors (Lipinski definition) is 2. The summed E-state index contributed by atoms with van der Waals surface area (Å²) in [6.45, 7) is 3.60. The van der Waals surface area contributed by atoms with E-state index in [1.807, 2.05) is 43.5 Å². The summed E-state index contributed by atoms with van der Waals surface area (Å²) in [7, 11) is 0. The van der Waals surface area contributed by atoms with Gasteiger partial charge in [-0.2, -0.15) is 5.10 Å². The quantitative estimate of drug-likeness (QED) is 0.870. The van der Waals surface area contributed by atoms with Crippen LogP contribution in [0.1, 0.15) is 25.5 Å². The van der Waals surface area contributed by atoms with Crippen LogP contribution in [0.2, 0.25) is 0 Å². The highest BCUT2D eigenvalue weighted by molar-refractivity contribution is 5.81. The van der Waals surface area contributed by atoms with Crippen molar-refractivity contribution in [3.05, 3.63) is 48.3 Å². The number of nitrogens with two attached hydrogens (primary N) is 1. The van der Waals surface area contributed by atoms with Gasteiger partial charge in [0.2, 0.25) is 5.91 Å². The number of nitrogens with zero attached hydrogens (tertiary/aromatic N) is 2. The van der Waals surface area contributed by atoms with Crippen molar-refractivity contribution < 1.29 is 4.79 Å². The summed E-state index contributed by atoms with van der Waals surface area (Å²) in [6, 6.07) is 9.20. The monoisotopic (exact) mass is 258 g/mol. The van der Waals surface area contributed by atoms with Crippen LogP contribution in [0.5, 0.6) is 0 Å². The van der Waals surface area contributed by atoms with Crippen molar-refractivity contribution in [3.8, 4) is 5.69 Å². The van der Waals surface area contributed by atoms with Gasteiger partial charge in [0, 0.05) is 12.4 Å². The fourth-order valence-corrected chi connectivity index (χ4v) is 1.77. The maximum atomic E-state index is 11.5. The summed E-state index contributed by atoms with van der Waals surface area (Å²) in [5.41, 5.74) is 7.54. The Balaban J connectivity index is 2.08. The topological polar surface area (TPSA) is 72.9 Å². The van der Waals surface area contributed by atoms with Gasteiger partial charge in [0.05, 0.1) is 17.8 Å². The summed E-state index contributed by atoms with van der Waals surface area (Å²) in [5, 5.41) is 7.03. The smallest absolute Gasteiger partial charge is 0.237 e. The Hall–Kier alpha value is -2.14. The first-order valence-corrected chi connectivity index (χ1v) is 6.24. The predicted octanol–water partition coefficient (Wildman–Crippen LogP) is 1.40. The molecule has 2 atom stereocenters. The molecule has 0 spiro atoms. The van der Waals surface area contributed by atoms with Crippen LogP contribution >= 0.6 is 0 Å². The normalized spacial score (nSPS) is 13.8. The lowest BCUT2D eigenvalue weighted by atomic mass is 10.1. The van der Waals surface area contributed by atoms with Crippen molar-refractivity contribution in [1.29, 1.82) is 0 Å². The third-order valence-electron chi connectivity index (χ3n) is 2.93. The average molecular weight is 258 g/mol. The molecule has 2 aromatic rings. The van der Waals surface area contributed by atoms with Crippen molar-refractivity contribution in [2.45, 2.75) is 25.9 Å². The second kappa shape index (κ2) is 5.67. The van der Waals surface area contributed by atoms with Crippen LogP contribution in [0.3, 0.4) is 0 Å². The molecule has 1 amide bonds. The van der Waals surface area contributed by atoms with E-state index in [4.69, 9.17) is 5.73 Å². The van der Waals surface area contributed by atoms with Gasteiger partial charge in [0.25, 0.3) is 0 Å². The molecule has 2 rings (SSSR count). The number of aromatic nitrogens is 2. The molecule has 0 aliphatic carbocycles. The summed E-state index contributed by atoms with van der Waals surface area (Å²) in [4.78, 5) is 11.5. The van der Waals surface area contributed by atoms with Gasteiger partial charge in [-0.1, -0.05) is 12.1 Å². The Kier molecular flexibility index (Phi) is 3.97. The average Bonchev–Trinajstić information content (AvgIpc) is 2.92. The second-order valence-corrected chi connectivity index (χ2v) is 4.56. The van der Waals surface area contributed by atoms with Crippen LogP contribution in [0.4, 0.5) is 0 Å². The third-order valence-corrected chi connectivity index (χ3v) is 2.93. The number of carbonyl (C=O) groups excluding carboxylic acids is 1. The van der Waals surface area contributed by atoms with E-state index in [0.717, 1.165) is 11.3 Å². The van der Waals surface area contributed by atoms with E-state index >= 15 is 0 Å². The lowest BCUT2D eigenvalue weighted by Gasteiger charge is -2.16. The number of rotatable bonds is 4. The first-order valence-electron chi connectivity index (χ1n) is 6.24. The molecule has 100 valence electrons. The first-order chi connectivity index (χ1) is 9.08. The van der Waals surface area contributed by atoms with Gasteiger partial charge in [-0.25, -0.2) is 4.68 Å². The molecule has 3 N–H and O–H groups in total. The Morgan fingerprint density at radius 1 is 1.32 bits per heavy atom. The molecule has 1 aromatic heterocycles. The van der Waals surface area contributed by atoms with Crippen molar-refractivity contribution in [2.75, 3.05) is 0 Å². The Labute approximate surface area is 112 Å². The van der Waals surface area contributed by atoms with Gasteiger partial charge in [-0.05, 0) is 37.6 Å². The van der Waals surface area contributed by atoms with Gasteiger partial charge in [-0.3, -0.25) is 4.79 Å². The van der Waals surface area contributed by atoms with E-state index < -0.39 is 6.04 Å². The molecule has 0 saturated carbocycles. The predicted molar refractivity (Wildman–Crippen MR) is 73.8 cm³/mol. The molecule has 19 heavy (non-hydrogen) atoms. The molecule has 5 nitrogen and oxygen atoms in total. The number of nitrogens with one attached hydrogen (secondary N) is 1. The minimum atomic E-state index is -0.495. The van der Waals surface area contributed by atoms with Gasteiger partial charge in [-0.15, -0.1) is 0 Å². The highest BCUT2D eigenvalue weighted by Gasteiger charge is 2.12. The summed E-state index contributed by atoms with van der Waals surface area (Å²) < 4.78 is 1.79. The van der Waals surface area contributed by atoms with Crippen molar-refractivity contribution in [2.24, 2.45) is 5.73 Å². The fourth-order valence-electron chi connectivity index (χ4n) is 1.77. The Bertz CT molecular complexity index is 531. The van der Waals surface area contributed by atoms with Gasteiger partial charge in [0.15, 0.2) is 0 Å². The van der Waals surface area contributed by atoms with Gasteiger partial charge in [0.1, 0.15) is 0 Å². The zero-order chi connectivity index (χ0) is 13.8. The van der Waals surface area contributed by atoms with E-state index in [1.54, 1.807) is 17.8 Å². The molecule has 0 bridgehead atoms. The molecule has 0 aliphatic heterocycles. The number of amides is 1. The lowest BCUT2D eigenvalue weighted by Crippen LogP contribution is -2.39. The van der Waals surface area contributed by atoms with Crippen LogP contribution < -0.4 is 11.1 Å². The van der Waals surface area contributed by atoms with Crippen LogP contribution in [-0.4, -0.2) is 21.7 Å². The van der Waals surface area contributed by atoms with Crippen molar-refractivity contribution in [3.63, 3.8) is 0 Å². The van der Waals surface area contributed by atoms with E-state index in [1.165, 1.54) is 0 Å². The van der Waals surface area contributed by atoms with Crippen LogP contribution in [0.15, 0.2) is 42.7 Å². The van der Waals surface area contributed by atoms with E-state index in [2.05, 4.69) is 10.4 Å². The van der Waals surface area contributed by atoms with Crippen LogP contribution in [0, 0.1) is 0 Å². The van der Waals surface area contributed by atoms with E-state index in [9.17, 15) is 4.79 Å². The molecular weight excluding hydrogens is 240 g/mol. The van der Waals surface area contributed by atoms with Crippen LogP contribution in [-0.2, 0) is 4.79 Å². The van der Waals surface area contributed by atoms with Gasteiger partial charge >= 0.3 is 0 Å². The minimum Gasteiger partial charge on any atom is -0.348 e. The zero-order valence-corrected chi connectivity index (χ0v) is 11.1. The largest absolute Gasteiger partial charge is 0.348 e. The molecular formula is C14H18N4O. The molecule has 1 unspecified atom stereocenters. The van der Waals surface area contributed by atoms with Gasteiger partial charge < -0.3 is 11.1 Å². The van der Waals surface area contributed by atoms with E-state index in [0.29, 0.717) is 0 Å². The Morgan fingerprint density at radius 2 is 2.00 bits per heavy atom. The maximum Gasteiger partial charge on any atom is 0.237 e. The summed E-state index contributed by atoms with van der Waals surface area (Å²) in [6.07, 6.45) is 3.62.